The van der Waals surface area contributed by atoms with E-state index in [9.17, 15) is 0 Å². The summed E-state index contributed by atoms with van der Waals surface area (Å²) in [5, 5.41) is 0. The summed E-state index contributed by atoms with van der Waals surface area (Å²) in [5.74, 6) is 1.92. The highest BCUT2D eigenvalue weighted by Gasteiger charge is 2.29. The molecule has 3 aromatic rings. The summed E-state index contributed by atoms with van der Waals surface area (Å²) in [5.41, 5.74) is 10.1. The Balaban J connectivity index is 1.96. The third-order valence-electron chi connectivity index (χ3n) is 3.89. The molecule has 0 unspecified atom stereocenters. The number of nitrogens with two attached hydrogens (primary N) is 1. The monoisotopic (exact) mass is 267 g/mol. The van der Waals surface area contributed by atoms with Crippen LogP contribution < -0.4 is 5.73 Å². The van der Waals surface area contributed by atoms with Crippen molar-refractivity contribution in [3.05, 3.63) is 41.9 Å². The minimum atomic E-state index is 0.548. The highest BCUT2D eigenvalue weighted by atomic mass is 16.3. The second-order valence-corrected chi connectivity index (χ2v) is 5.51. The topological polar surface area (TPSA) is 57.0 Å². The minimum Gasteiger partial charge on any atom is -0.469 e. The van der Waals surface area contributed by atoms with Crippen LogP contribution in [0.2, 0.25) is 0 Å². The molecule has 0 saturated heterocycles. The zero-order valence-corrected chi connectivity index (χ0v) is 11.5. The molecule has 1 saturated carbocycles. The van der Waals surface area contributed by atoms with Gasteiger partial charge in [-0.25, -0.2) is 4.98 Å². The molecule has 2 heterocycles. The number of hydrogen-bond donors (Lipinski definition) is 1. The number of hydrogen-bond acceptors (Lipinski definition) is 3. The van der Waals surface area contributed by atoms with E-state index in [1.807, 2.05) is 13.0 Å². The molecule has 2 N–H and O–H groups in total. The van der Waals surface area contributed by atoms with Crippen molar-refractivity contribution in [2.24, 2.45) is 5.73 Å². The fraction of sp³-hybridized carbons (Fsp3) is 0.312. The second kappa shape index (κ2) is 4.21. The number of benzene rings is 1. The van der Waals surface area contributed by atoms with Crippen LogP contribution in [0.25, 0.3) is 22.4 Å². The lowest BCUT2D eigenvalue weighted by Crippen LogP contribution is -1.97. The fourth-order valence-corrected chi connectivity index (χ4v) is 2.74. The van der Waals surface area contributed by atoms with Crippen LogP contribution in [-0.4, -0.2) is 9.55 Å². The van der Waals surface area contributed by atoms with Crippen LogP contribution in [0.15, 0.2) is 34.9 Å². The van der Waals surface area contributed by atoms with Gasteiger partial charge in [0.25, 0.3) is 0 Å². The number of fused-ring (bicyclic) bond motifs is 1. The van der Waals surface area contributed by atoms with Crippen molar-refractivity contribution in [3.8, 4) is 11.4 Å². The summed E-state index contributed by atoms with van der Waals surface area (Å²) in [4.78, 5) is 4.81. The number of furan rings is 1. The van der Waals surface area contributed by atoms with Gasteiger partial charge in [0.15, 0.2) is 0 Å². The molecule has 1 fully saturated rings. The van der Waals surface area contributed by atoms with Gasteiger partial charge in [0, 0.05) is 12.6 Å². The molecule has 1 aliphatic rings. The van der Waals surface area contributed by atoms with Gasteiger partial charge < -0.3 is 14.7 Å². The van der Waals surface area contributed by atoms with Crippen molar-refractivity contribution in [1.82, 2.24) is 9.55 Å². The zero-order valence-electron chi connectivity index (χ0n) is 11.5. The molecule has 2 aromatic heterocycles. The summed E-state index contributed by atoms with van der Waals surface area (Å²) in [7, 11) is 0. The van der Waals surface area contributed by atoms with E-state index >= 15 is 0 Å². The minimum absolute atomic E-state index is 0.548. The zero-order chi connectivity index (χ0) is 13.7. The predicted molar refractivity (Wildman–Crippen MR) is 78.3 cm³/mol. The average molecular weight is 267 g/mol. The smallest absolute Gasteiger partial charge is 0.144 e. The first kappa shape index (κ1) is 11.7. The molecule has 4 heteroatoms. The Bertz CT molecular complexity index is 780. The van der Waals surface area contributed by atoms with Crippen molar-refractivity contribution >= 4 is 11.0 Å². The standard InChI is InChI=1S/C16H17N3O/c1-10-6-12(9-20-10)16-18-14-7-11(8-17)2-5-15(14)19(16)13-3-4-13/h2,5-7,9,13H,3-4,8,17H2,1H3. The van der Waals surface area contributed by atoms with E-state index in [0.29, 0.717) is 12.6 Å². The van der Waals surface area contributed by atoms with Gasteiger partial charge >= 0.3 is 0 Å². The number of nitrogens with zero attached hydrogens (tertiary/aromatic N) is 2. The van der Waals surface area contributed by atoms with Crippen molar-refractivity contribution in [2.45, 2.75) is 32.4 Å². The molecule has 0 spiro atoms. The summed E-state index contributed by atoms with van der Waals surface area (Å²) in [6, 6.07) is 8.94. The molecule has 20 heavy (non-hydrogen) atoms. The van der Waals surface area contributed by atoms with E-state index in [1.54, 1.807) is 6.26 Å². The molecular weight excluding hydrogens is 250 g/mol. The molecular formula is C16H17N3O. The highest BCUT2D eigenvalue weighted by Crippen LogP contribution is 2.41. The largest absolute Gasteiger partial charge is 0.469 e. The number of rotatable bonds is 3. The Hall–Kier alpha value is -2.07. The van der Waals surface area contributed by atoms with Gasteiger partial charge in [-0.15, -0.1) is 0 Å². The van der Waals surface area contributed by atoms with Crippen molar-refractivity contribution in [3.63, 3.8) is 0 Å². The maximum atomic E-state index is 5.72. The van der Waals surface area contributed by atoms with Gasteiger partial charge in [0.1, 0.15) is 17.8 Å². The maximum Gasteiger partial charge on any atom is 0.144 e. The van der Waals surface area contributed by atoms with Crippen molar-refractivity contribution in [1.29, 1.82) is 0 Å². The normalized spacial score (nSPS) is 15.1. The first-order valence-electron chi connectivity index (χ1n) is 7.02. The Morgan fingerprint density at radius 2 is 2.20 bits per heavy atom. The lowest BCUT2D eigenvalue weighted by Gasteiger charge is -2.05. The lowest BCUT2D eigenvalue weighted by molar-refractivity contribution is 0.534. The highest BCUT2D eigenvalue weighted by molar-refractivity contribution is 5.81. The Kier molecular flexibility index (Phi) is 2.47. The van der Waals surface area contributed by atoms with Crippen LogP contribution in [0.4, 0.5) is 0 Å². The molecule has 4 rings (SSSR count). The Morgan fingerprint density at radius 1 is 1.35 bits per heavy atom. The third-order valence-corrected chi connectivity index (χ3v) is 3.89. The maximum absolute atomic E-state index is 5.72. The van der Waals surface area contributed by atoms with E-state index in [0.717, 1.165) is 28.2 Å². The van der Waals surface area contributed by atoms with Crippen LogP contribution in [0.1, 0.15) is 30.2 Å². The van der Waals surface area contributed by atoms with Crippen LogP contribution in [-0.2, 0) is 6.54 Å². The van der Waals surface area contributed by atoms with Crippen LogP contribution >= 0.6 is 0 Å². The van der Waals surface area contributed by atoms with Crippen LogP contribution in [0.5, 0.6) is 0 Å². The van der Waals surface area contributed by atoms with E-state index in [4.69, 9.17) is 15.1 Å². The quantitative estimate of drug-likeness (QED) is 0.791. The molecule has 4 nitrogen and oxygen atoms in total. The predicted octanol–water partition coefficient (Wildman–Crippen LogP) is 3.40. The fourth-order valence-electron chi connectivity index (χ4n) is 2.74. The molecule has 1 aliphatic carbocycles. The second-order valence-electron chi connectivity index (χ2n) is 5.51. The van der Waals surface area contributed by atoms with E-state index < -0.39 is 0 Å². The molecule has 0 atom stereocenters. The number of imidazole rings is 1. The van der Waals surface area contributed by atoms with Crippen molar-refractivity contribution < 1.29 is 4.42 Å². The first-order valence-corrected chi connectivity index (χ1v) is 7.02. The Labute approximate surface area is 117 Å². The molecule has 102 valence electrons. The van der Waals surface area contributed by atoms with Gasteiger partial charge in [-0.1, -0.05) is 6.07 Å². The Morgan fingerprint density at radius 3 is 2.85 bits per heavy atom. The molecule has 0 radical (unpaired) electrons. The number of aromatic nitrogens is 2. The van der Waals surface area contributed by atoms with Crippen LogP contribution in [0.3, 0.4) is 0 Å². The van der Waals surface area contributed by atoms with Crippen LogP contribution in [0, 0.1) is 6.92 Å². The molecule has 0 aliphatic heterocycles. The van der Waals surface area contributed by atoms with Crippen molar-refractivity contribution in [2.75, 3.05) is 0 Å². The van der Waals surface area contributed by atoms with E-state index in [2.05, 4.69) is 22.8 Å². The van der Waals surface area contributed by atoms with Gasteiger partial charge in [0.05, 0.1) is 16.6 Å². The lowest BCUT2D eigenvalue weighted by atomic mass is 10.2. The van der Waals surface area contributed by atoms with Gasteiger partial charge in [0.2, 0.25) is 0 Å². The molecule has 0 bridgehead atoms. The summed E-state index contributed by atoms with van der Waals surface area (Å²) >= 11 is 0. The summed E-state index contributed by atoms with van der Waals surface area (Å²) < 4.78 is 7.79. The van der Waals surface area contributed by atoms with Gasteiger partial charge in [-0.3, -0.25) is 0 Å². The SMILES string of the molecule is Cc1cc(-c2nc3cc(CN)ccc3n2C2CC2)co1. The van der Waals surface area contributed by atoms with E-state index in [-0.39, 0.29) is 0 Å². The summed E-state index contributed by atoms with van der Waals surface area (Å²) in [6.07, 6.45) is 4.25. The average Bonchev–Trinajstić information content (AvgIpc) is 3.09. The first-order chi connectivity index (χ1) is 9.76. The third kappa shape index (κ3) is 1.76. The number of aryl methyl sites for hydroxylation is 1. The van der Waals surface area contributed by atoms with Gasteiger partial charge in [-0.2, -0.15) is 0 Å². The van der Waals surface area contributed by atoms with Gasteiger partial charge in [-0.05, 0) is 43.5 Å². The van der Waals surface area contributed by atoms with E-state index in [1.165, 1.54) is 18.4 Å². The molecule has 1 aromatic carbocycles. The summed E-state index contributed by atoms with van der Waals surface area (Å²) in [6.45, 7) is 2.51. The molecule has 0 amide bonds.